The third kappa shape index (κ3) is 3.72. The van der Waals surface area contributed by atoms with Crippen molar-refractivity contribution in [1.29, 1.82) is 0 Å². The normalized spacial score (nSPS) is 11.4. The molecule has 0 aliphatic carbocycles. The molecule has 0 saturated carbocycles. The largest absolute Gasteiger partial charge is 0.488 e. The second kappa shape index (κ2) is 5.83. The summed E-state index contributed by atoms with van der Waals surface area (Å²) in [5.74, 6) is 0.0186. The van der Waals surface area contributed by atoms with Crippen LogP contribution in [0.25, 0.3) is 0 Å². The first kappa shape index (κ1) is 14.8. The lowest BCUT2D eigenvalue weighted by atomic mass is 10.1. The van der Waals surface area contributed by atoms with Crippen molar-refractivity contribution in [1.82, 2.24) is 0 Å². The van der Waals surface area contributed by atoms with Gasteiger partial charge in [-0.3, -0.25) is 0 Å². The Hall–Kier alpha value is -1.56. The molecule has 0 saturated heterocycles. The van der Waals surface area contributed by atoms with E-state index in [2.05, 4.69) is 15.9 Å². The Morgan fingerprint density at radius 2 is 1.65 bits per heavy atom. The summed E-state index contributed by atoms with van der Waals surface area (Å²) in [6, 6.07) is 8.63. The summed E-state index contributed by atoms with van der Waals surface area (Å²) in [7, 11) is 0. The molecular weight excluding hydrogens is 340 g/mol. The van der Waals surface area contributed by atoms with Crippen molar-refractivity contribution in [2.75, 3.05) is 0 Å². The van der Waals surface area contributed by atoms with Crippen LogP contribution in [0.5, 0.6) is 5.75 Å². The first-order valence-electron chi connectivity index (χ1n) is 5.60. The second-order valence-electron chi connectivity index (χ2n) is 4.06. The van der Waals surface area contributed by atoms with Gasteiger partial charge in [-0.15, -0.1) is 0 Å². The lowest BCUT2D eigenvalue weighted by Crippen LogP contribution is -2.05. The fourth-order valence-electron chi connectivity index (χ4n) is 1.54. The summed E-state index contributed by atoms with van der Waals surface area (Å²) in [5.41, 5.74) is -0.113. The molecule has 0 atom stereocenters. The quantitative estimate of drug-likeness (QED) is 0.694. The van der Waals surface area contributed by atoms with Gasteiger partial charge in [0.1, 0.15) is 18.2 Å². The van der Waals surface area contributed by atoms with Gasteiger partial charge >= 0.3 is 6.18 Å². The smallest absolute Gasteiger partial charge is 0.416 e. The molecule has 20 heavy (non-hydrogen) atoms. The standard InChI is InChI=1S/C14H9BrF4O/c15-12-7-11(16)5-6-13(12)20-8-9-1-3-10(4-2-9)14(17,18)19/h1-7H,8H2. The number of hydrogen-bond donors (Lipinski definition) is 0. The third-order valence-electron chi connectivity index (χ3n) is 2.57. The minimum atomic E-state index is -4.35. The van der Waals surface area contributed by atoms with Gasteiger partial charge in [0.2, 0.25) is 0 Å². The Balaban J connectivity index is 2.04. The molecule has 0 aliphatic rings. The molecule has 2 aromatic rings. The zero-order valence-electron chi connectivity index (χ0n) is 10.0. The molecule has 2 rings (SSSR count). The molecule has 0 bridgehead atoms. The van der Waals surface area contributed by atoms with Gasteiger partial charge < -0.3 is 4.74 Å². The van der Waals surface area contributed by atoms with Crippen LogP contribution in [0.2, 0.25) is 0 Å². The van der Waals surface area contributed by atoms with E-state index in [4.69, 9.17) is 4.74 Å². The molecule has 0 aromatic heterocycles. The molecule has 0 unspecified atom stereocenters. The van der Waals surface area contributed by atoms with Gasteiger partial charge in [-0.2, -0.15) is 13.2 Å². The molecule has 2 aromatic carbocycles. The summed E-state index contributed by atoms with van der Waals surface area (Å²) < 4.78 is 55.9. The zero-order valence-corrected chi connectivity index (χ0v) is 11.6. The molecule has 106 valence electrons. The van der Waals surface area contributed by atoms with Crippen LogP contribution < -0.4 is 4.74 Å². The van der Waals surface area contributed by atoms with Crippen LogP contribution in [0.1, 0.15) is 11.1 Å². The fraction of sp³-hybridized carbons (Fsp3) is 0.143. The van der Waals surface area contributed by atoms with Gasteiger partial charge in [0.15, 0.2) is 0 Å². The van der Waals surface area contributed by atoms with E-state index in [1.165, 1.54) is 30.3 Å². The predicted molar refractivity (Wildman–Crippen MR) is 69.9 cm³/mol. The molecular formula is C14H9BrF4O. The van der Waals surface area contributed by atoms with Crippen molar-refractivity contribution in [2.45, 2.75) is 12.8 Å². The minimum Gasteiger partial charge on any atom is -0.488 e. The summed E-state index contributed by atoms with van der Waals surface area (Å²) in [4.78, 5) is 0. The highest BCUT2D eigenvalue weighted by Gasteiger charge is 2.29. The number of alkyl halides is 3. The molecule has 0 N–H and O–H groups in total. The summed E-state index contributed by atoms with van der Waals surface area (Å²) >= 11 is 3.14. The average molecular weight is 349 g/mol. The Bertz CT molecular complexity index is 593. The first-order chi connectivity index (χ1) is 9.36. The van der Waals surface area contributed by atoms with Gasteiger partial charge in [0.05, 0.1) is 10.0 Å². The van der Waals surface area contributed by atoms with Gasteiger partial charge in [-0.25, -0.2) is 4.39 Å². The molecule has 0 radical (unpaired) electrons. The van der Waals surface area contributed by atoms with Gasteiger partial charge in [-0.05, 0) is 51.8 Å². The number of rotatable bonds is 3. The molecule has 1 nitrogen and oxygen atoms in total. The van der Waals surface area contributed by atoms with E-state index in [1.807, 2.05) is 0 Å². The van der Waals surface area contributed by atoms with Gasteiger partial charge in [0, 0.05) is 0 Å². The first-order valence-corrected chi connectivity index (χ1v) is 6.39. The van der Waals surface area contributed by atoms with Crippen molar-refractivity contribution in [3.63, 3.8) is 0 Å². The monoisotopic (exact) mass is 348 g/mol. The van der Waals surface area contributed by atoms with Crippen LogP contribution in [0.4, 0.5) is 17.6 Å². The van der Waals surface area contributed by atoms with Crippen LogP contribution in [-0.2, 0) is 12.8 Å². The molecule has 6 heteroatoms. The highest BCUT2D eigenvalue weighted by atomic mass is 79.9. The van der Waals surface area contributed by atoms with Crippen molar-refractivity contribution in [3.8, 4) is 5.75 Å². The van der Waals surface area contributed by atoms with Crippen LogP contribution in [0.3, 0.4) is 0 Å². The number of ether oxygens (including phenoxy) is 1. The van der Waals surface area contributed by atoms with Crippen LogP contribution in [0.15, 0.2) is 46.9 Å². The van der Waals surface area contributed by atoms with Crippen molar-refractivity contribution in [3.05, 3.63) is 63.9 Å². The van der Waals surface area contributed by atoms with E-state index in [9.17, 15) is 17.6 Å². The topological polar surface area (TPSA) is 9.23 Å². The minimum absolute atomic E-state index is 0.0996. The molecule has 0 amide bonds. The number of halogens is 5. The lowest BCUT2D eigenvalue weighted by molar-refractivity contribution is -0.137. The maximum atomic E-state index is 12.9. The molecule has 0 aliphatic heterocycles. The van der Waals surface area contributed by atoms with Crippen LogP contribution in [0, 0.1) is 5.82 Å². The van der Waals surface area contributed by atoms with E-state index < -0.39 is 17.6 Å². The molecule has 0 heterocycles. The molecule has 0 fully saturated rings. The fourth-order valence-corrected chi connectivity index (χ4v) is 2.01. The number of hydrogen-bond acceptors (Lipinski definition) is 1. The van der Waals surface area contributed by atoms with E-state index in [0.29, 0.717) is 15.8 Å². The van der Waals surface area contributed by atoms with Crippen molar-refractivity contribution >= 4 is 15.9 Å². The summed E-state index contributed by atoms with van der Waals surface area (Å²) in [5, 5.41) is 0. The third-order valence-corrected chi connectivity index (χ3v) is 3.19. The van der Waals surface area contributed by atoms with E-state index in [0.717, 1.165) is 12.1 Å². The van der Waals surface area contributed by atoms with Crippen molar-refractivity contribution < 1.29 is 22.3 Å². The van der Waals surface area contributed by atoms with E-state index >= 15 is 0 Å². The van der Waals surface area contributed by atoms with Gasteiger partial charge in [0.25, 0.3) is 0 Å². The lowest BCUT2D eigenvalue weighted by Gasteiger charge is -2.10. The Labute approximate surface area is 121 Å². The molecule has 0 spiro atoms. The Morgan fingerprint density at radius 3 is 2.20 bits per heavy atom. The van der Waals surface area contributed by atoms with Crippen LogP contribution >= 0.6 is 15.9 Å². The Morgan fingerprint density at radius 1 is 1.00 bits per heavy atom. The zero-order chi connectivity index (χ0) is 14.8. The van der Waals surface area contributed by atoms with Gasteiger partial charge in [-0.1, -0.05) is 12.1 Å². The van der Waals surface area contributed by atoms with Crippen molar-refractivity contribution in [2.24, 2.45) is 0 Å². The summed E-state index contributed by atoms with van der Waals surface area (Å²) in [6.45, 7) is 0.0996. The van der Waals surface area contributed by atoms with E-state index in [1.54, 1.807) is 0 Å². The number of benzene rings is 2. The highest BCUT2D eigenvalue weighted by molar-refractivity contribution is 9.10. The average Bonchev–Trinajstić information content (AvgIpc) is 2.37. The Kier molecular flexibility index (Phi) is 4.32. The SMILES string of the molecule is Fc1ccc(OCc2ccc(C(F)(F)F)cc2)c(Br)c1. The second-order valence-corrected chi connectivity index (χ2v) is 4.91. The maximum absolute atomic E-state index is 12.9. The maximum Gasteiger partial charge on any atom is 0.416 e. The van der Waals surface area contributed by atoms with E-state index in [-0.39, 0.29) is 6.61 Å². The summed E-state index contributed by atoms with van der Waals surface area (Å²) in [6.07, 6.45) is -4.35. The predicted octanol–water partition coefficient (Wildman–Crippen LogP) is 5.19. The van der Waals surface area contributed by atoms with Crippen LogP contribution in [-0.4, -0.2) is 0 Å². The highest BCUT2D eigenvalue weighted by Crippen LogP contribution is 2.30.